The largest absolute Gasteiger partial charge is 0.497 e. The molecule has 0 aromatic heterocycles. The van der Waals surface area contributed by atoms with Crippen molar-refractivity contribution in [2.24, 2.45) is 11.5 Å². The van der Waals surface area contributed by atoms with Gasteiger partial charge < -0.3 is 37.9 Å². The summed E-state index contributed by atoms with van der Waals surface area (Å²) in [4.78, 5) is 41.9. The Morgan fingerprint density at radius 2 is 1.63 bits per heavy atom. The lowest BCUT2D eigenvalue weighted by Gasteiger charge is -2.03. The van der Waals surface area contributed by atoms with Gasteiger partial charge in [0.2, 0.25) is 5.91 Å². The van der Waals surface area contributed by atoms with Crippen molar-refractivity contribution in [1.82, 2.24) is 6.15 Å². The number of anilines is 1. The van der Waals surface area contributed by atoms with Crippen molar-refractivity contribution in [3.05, 3.63) is 59.7 Å². The van der Waals surface area contributed by atoms with Crippen molar-refractivity contribution in [1.29, 1.82) is 0 Å². The van der Waals surface area contributed by atoms with Crippen LogP contribution in [0.1, 0.15) is 53.3 Å². The van der Waals surface area contributed by atoms with E-state index in [-0.39, 0.29) is 17.6 Å². The van der Waals surface area contributed by atoms with Gasteiger partial charge in [0, 0.05) is 17.7 Å². The number of aromatic carboxylic acids is 1. The molecule has 0 fully saturated rings. The molecule has 0 spiro atoms. The molecule has 11 nitrogen and oxygen atoms in total. The van der Waals surface area contributed by atoms with Crippen LogP contribution in [0.25, 0.3) is 0 Å². The summed E-state index contributed by atoms with van der Waals surface area (Å²) in [6.07, 6.45) is 3.27. The smallest absolute Gasteiger partial charge is 0.335 e. The van der Waals surface area contributed by atoms with Crippen molar-refractivity contribution < 1.29 is 34.1 Å². The monoisotopic (exact) mass is 492 g/mol. The van der Waals surface area contributed by atoms with E-state index in [1.165, 1.54) is 19.2 Å². The average Bonchev–Trinajstić information content (AvgIpc) is 2.83. The van der Waals surface area contributed by atoms with Crippen molar-refractivity contribution in [3.63, 3.8) is 0 Å². The van der Waals surface area contributed by atoms with Crippen LogP contribution in [-0.4, -0.2) is 54.0 Å². The van der Waals surface area contributed by atoms with Gasteiger partial charge >= 0.3 is 11.9 Å². The van der Waals surface area contributed by atoms with E-state index < -0.39 is 18.0 Å². The van der Waals surface area contributed by atoms with E-state index in [9.17, 15) is 19.2 Å². The SMILES string of the molecule is CCCC(=O)Nc1ccc(C=O)cc1.COc1ccc(C(=O)O)cc1.N.NCCC[C@H](N)C(=O)O. The van der Waals surface area contributed by atoms with E-state index in [0.29, 0.717) is 37.1 Å². The minimum atomic E-state index is -0.955. The summed E-state index contributed by atoms with van der Waals surface area (Å²) in [5.74, 6) is -1.21. The lowest BCUT2D eigenvalue weighted by atomic mass is 10.2. The predicted molar refractivity (Wildman–Crippen MR) is 134 cm³/mol. The molecule has 0 heterocycles. The highest BCUT2D eigenvalue weighted by Crippen LogP contribution is 2.11. The minimum Gasteiger partial charge on any atom is -0.497 e. The second kappa shape index (κ2) is 19.6. The van der Waals surface area contributed by atoms with Crippen LogP contribution in [0.4, 0.5) is 5.69 Å². The molecular formula is C24H36N4O7. The Morgan fingerprint density at radius 3 is 2.03 bits per heavy atom. The first kappa shape index (κ1) is 33.4. The number of carbonyl (C=O) groups excluding carboxylic acids is 2. The normalized spacial score (nSPS) is 10.1. The van der Waals surface area contributed by atoms with Gasteiger partial charge in [-0.15, -0.1) is 0 Å². The Morgan fingerprint density at radius 1 is 1.06 bits per heavy atom. The Bertz CT molecular complexity index is 888. The number of hydrogen-bond acceptors (Lipinski definition) is 8. The predicted octanol–water partition coefficient (Wildman–Crippen LogP) is 2.93. The standard InChI is InChI=1S/C11H13NO2.C8H8O3.C5H12N2O2.H3N/c1-2-3-11(14)12-10-6-4-9(8-13)5-7-10;1-11-7-4-2-6(3-5-7)8(9)10;6-3-1-2-4(7)5(8)9;/h4-8H,2-3H2,1H3,(H,12,14);2-5H,1H3,(H,9,10);4H,1-3,6-7H2,(H,8,9);1H3/t;;4-;/m..0./s1. The fraction of sp³-hybridized carbons (Fsp3) is 0.333. The third kappa shape index (κ3) is 15.6. The Balaban J connectivity index is 0. The molecule has 0 bridgehead atoms. The fourth-order valence-corrected chi connectivity index (χ4v) is 2.29. The van der Waals surface area contributed by atoms with E-state index in [0.717, 1.165) is 18.4 Å². The number of carboxylic acid groups (broad SMARTS) is 2. The number of aldehydes is 1. The van der Waals surface area contributed by atoms with Crippen molar-refractivity contribution in [2.75, 3.05) is 19.0 Å². The van der Waals surface area contributed by atoms with Crippen LogP contribution < -0.4 is 27.7 Å². The number of amides is 1. The van der Waals surface area contributed by atoms with Crippen molar-refractivity contribution in [3.8, 4) is 5.75 Å². The van der Waals surface area contributed by atoms with E-state index in [1.54, 1.807) is 36.4 Å². The molecule has 11 heteroatoms. The lowest BCUT2D eigenvalue weighted by Crippen LogP contribution is -2.30. The van der Waals surface area contributed by atoms with Crippen LogP contribution >= 0.6 is 0 Å². The first-order chi connectivity index (χ1) is 16.2. The number of carboxylic acids is 2. The second-order valence-corrected chi connectivity index (χ2v) is 6.95. The molecule has 0 aliphatic heterocycles. The van der Waals surface area contributed by atoms with Gasteiger partial charge in [-0.2, -0.15) is 0 Å². The first-order valence-corrected chi connectivity index (χ1v) is 10.6. The summed E-state index contributed by atoms with van der Waals surface area (Å²) in [6, 6.07) is 12.3. The maximum absolute atomic E-state index is 11.2. The number of carbonyl (C=O) groups is 4. The van der Waals surface area contributed by atoms with Crippen LogP contribution in [0, 0.1) is 0 Å². The Hall–Kier alpha value is -3.80. The highest BCUT2D eigenvalue weighted by atomic mass is 16.5. The quantitative estimate of drug-likeness (QED) is 0.266. The highest BCUT2D eigenvalue weighted by Gasteiger charge is 2.08. The molecule has 1 amide bonds. The first-order valence-electron chi connectivity index (χ1n) is 10.6. The van der Waals surface area contributed by atoms with Crippen LogP contribution in [0.5, 0.6) is 5.75 Å². The van der Waals surface area contributed by atoms with Crippen LogP contribution in [-0.2, 0) is 9.59 Å². The number of aliphatic carboxylic acids is 1. The second-order valence-electron chi connectivity index (χ2n) is 6.95. The van der Waals surface area contributed by atoms with E-state index in [4.69, 9.17) is 26.4 Å². The average molecular weight is 493 g/mol. The zero-order chi connectivity index (χ0) is 25.9. The van der Waals surface area contributed by atoms with Gasteiger partial charge in [-0.3, -0.25) is 14.4 Å². The van der Waals surface area contributed by atoms with Crippen molar-refractivity contribution in [2.45, 2.75) is 38.6 Å². The van der Waals surface area contributed by atoms with Crippen LogP contribution in [0.2, 0.25) is 0 Å². The molecule has 194 valence electrons. The van der Waals surface area contributed by atoms with Gasteiger partial charge in [-0.05, 0) is 74.3 Å². The van der Waals surface area contributed by atoms with E-state index in [2.05, 4.69) is 5.32 Å². The lowest BCUT2D eigenvalue weighted by molar-refractivity contribution is -0.138. The zero-order valence-corrected chi connectivity index (χ0v) is 20.1. The Kier molecular flexibility index (Phi) is 18.7. The fourth-order valence-electron chi connectivity index (χ4n) is 2.29. The molecule has 0 aliphatic rings. The van der Waals surface area contributed by atoms with E-state index in [1.807, 2.05) is 6.92 Å². The summed E-state index contributed by atoms with van der Waals surface area (Å²) < 4.78 is 4.86. The van der Waals surface area contributed by atoms with Crippen molar-refractivity contribution >= 4 is 29.8 Å². The number of nitrogens with one attached hydrogen (secondary N) is 1. The molecule has 0 saturated carbocycles. The van der Waals surface area contributed by atoms with Gasteiger partial charge in [-0.25, -0.2) is 4.79 Å². The molecule has 1 atom stereocenters. The summed E-state index contributed by atoms with van der Waals surface area (Å²) >= 11 is 0. The van der Waals surface area contributed by atoms with Gasteiger partial charge in [0.25, 0.3) is 0 Å². The molecule has 10 N–H and O–H groups in total. The van der Waals surface area contributed by atoms with E-state index >= 15 is 0 Å². The number of benzene rings is 2. The highest BCUT2D eigenvalue weighted by molar-refractivity contribution is 5.91. The maximum atomic E-state index is 11.2. The van der Waals surface area contributed by atoms with Crippen LogP contribution in [0.15, 0.2) is 48.5 Å². The summed E-state index contributed by atoms with van der Waals surface area (Å²) in [7, 11) is 1.54. The molecule has 35 heavy (non-hydrogen) atoms. The number of methoxy groups -OCH3 is 1. The third-order valence-electron chi connectivity index (χ3n) is 4.18. The summed E-state index contributed by atoms with van der Waals surface area (Å²) in [5.41, 5.74) is 11.9. The number of ether oxygens (including phenoxy) is 1. The Labute approximate surface area is 205 Å². The number of nitrogens with two attached hydrogens (primary N) is 2. The number of rotatable bonds is 10. The number of hydrogen-bond donors (Lipinski definition) is 6. The maximum Gasteiger partial charge on any atom is 0.335 e. The molecule has 0 aliphatic carbocycles. The molecule has 2 rings (SSSR count). The topological polar surface area (TPSA) is 217 Å². The van der Waals surface area contributed by atoms with Gasteiger partial charge in [0.05, 0.1) is 12.7 Å². The van der Waals surface area contributed by atoms with Gasteiger partial charge in [0.1, 0.15) is 18.1 Å². The molecule has 0 radical (unpaired) electrons. The minimum absolute atomic E-state index is 0. The molecule has 2 aromatic rings. The molecule has 0 saturated heterocycles. The zero-order valence-electron chi connectivity index (χ0n) is 20.1. The molecule has 0 unspecified atom stereocenters. The third-order valence-corrected chi connectivity index (χ3v) is 4.18. The molecule has 2 aromatic carbocycles. The summed E-state index contributed by atoms with van der Waals surface area (Å²) in [5, 5.41) is 19.5. The van der Waals surface area contributed by atoms with Gasteiger partial charge in [0.15, 0.2) is 0 Å². The summed E-state index contributed by atoms with van der Waals surface area (Å²) in [6.45, 7) is 2.45. The van der Waals surface area contributed by atoms with Crippen LogP contribution in [0.3, 0.4) is 0 Å². The molecular weight excluding hydrogens is 456 g/mol. The van der Waals surface area contributed by atoms with Gasteiger partial charge in [-0.1, -0.05) is 6.92 Å².